The van der Waals surface area contributed by atoms with Gasteiger partial charge < -0.3 is 15.1 Å². The molecule has 0 saturated carbocycles. The Kier molecular flexibility index (Phi) is 4.30. The smallest absolute Gasteiger partial charge is 0.244 e. The lowest BCUT2D eigenvalue weighted by atomic mass is 10.2. The highest BCUT2D eigenvalue weighted by Crippen LogP contribution is 2.13. The van der Waals surface area contributed by atoms with Gasteiger partial charge in [-0.15, -0.1) is 5.10 Å². The molecule has 1 saturated heterocycles. The van der Waals surface area contributed by atoms with Gasteiger partial charge in [-0.25, -0.2) is 0 Å². The predicted molar refractivity (Wildman–Crippen MR) is 72.9 cm³/mol. The van der Waals surface area contributed by atoms with E-state index in [1.807, 2.05) is 0 Å². The van der Waals surface area contributed by atoms with E-state index in [-0.39, 0.29) is 0 Å². The number of piperazine rings is 1. The minimum absolute atomic E-state index is 0.570. The molecular formula is C12H22N6. The van der Waals surface area contributed by atoms with Crippen molar-refractivity contribution in [1.82, 2.24) is 20.1 Å². The molecule has 1 N–H and O–H groups in total. The fourth-order valence-electron chi connectivity index (χ4n) is 1.85. The van der Waals surface area contributed by atoms with Crippen LogP contribution in [-0.2, 0) is 0 Å². The van der Waals surface area contributed by atoms with Crippen LogP contribution in [0.2, 0.25) is 0 Å². The van der Waals surface area contributed by atoms with Crippen molar-refractivity contribution in [2.75, 3.05) is 50.0 Å². The molecule has 0 spiro atoms. The molecule has 2 heterocycles. The van der Waals surface area contributed by atoms with Crippen molar-refractivity contribution in [1.29, 1.82) is 0 Å². The van der Waals surface area contributed by atoms with Gasteiger partial charge in [0.05, 0.1) is 6.20 Å². The van der Waals surface area contributed by atoms with E-state index in [1.54, 1.807) is 6.20 Å². The SMILES string of the molecule is CC(C)CNc1nncc(N2CCN(C)CC2)n1. The fourth-order valence-corrected chi connectivity index (χ4v) is 1.85. The maximum absolute atomic E-state index is 4.52. The summed E-state index contributed by atoms with van der Waals surface area (Å²) in [6.07, 6.45) is 1.74. The van der Waals surface area contributed by atoms with Crippen molar-refractivity contribution in [2.24, 2.45) is 5.92 Å². The lowest BCUT2D eigenvalue weighted by Crippen LogP contribution is -2.44. The van der Waals surface area contributed by atoms with Crippen LogP contribution >= 0.6 is 0 Å². The second-order valence-electron chi connectivity index (χ2n) is 5.20. The van der Waals surface area contributed by atoms with Gasteiger partial charge in [-0.3, -0.25) is 0 Å². The molecule has 0 unspecified atom stereocenters. The summed E-state index contributed by atoms with van der Waals surface area (Å²) in [4.78, 5) is 9.10. The van der Waals surface area contributed by atoms with Gasteiger partial charge in [-0.2, -0.15) is 10.1 Å². The van der Waals surface area contributed by atoms with E-state index in [1.165, 1.54) is 0 Å². The van der Waals surface area contributed by atoms with Gasteiger partial charge in [0, 0.05) is 32.7 Å². The molecule has 0 radical (unpaired) electrons. The van der Waals surface area contributed by atoms with Gasteiger partial charge in [0.15, 0.2) is 5.82 Å². The van der Waals surface area contributed by atoms with E-state index < -0.39 is 0 Å². The second kappa shape index (κ2) is 5.95. The Morgan fingerprint density at radius 1 is 1.28 bits per heavy atom. The van der Waals surface area contributed by atoms with Gasteiger partial charge in [0.2, 0.25) is 5.95 Å². The van der Waals surface area contributed by atoms with Crippen LogP contribution in [0.4, 0.5) is 11.8 Å². The van der Waals surface area contributed by atoms with Crippen LogP contribution in [0.3, 0.4) is 0 Å². The first-order chi connectivity index (χ1) is 8.65. The van der Waals surface area contributed by atoms with Crippen molar-refractivity contribution in [3.63, 3.8) is 0 Å². The molecule has 0 atom stereocenters. The van der Waals surface area contributed by atoms with Crippen molar-refractivity contribution >= 4 is 11.8 Å². The molecule has 0 amide bonds. The molecule has 1 aromatic heterocycles. The summed E-state index contributed by atoms with van der Waals surface area (Å²) in [7, 11) is 2.14. The predicted octanol–water partition coefficient (Wildman–Crippen LogP) is 0.691. The van der Waals surface area contributed by atoms with Crippen molar-refractivity contribution in [3.05, 3.63) is 6.20 Å². The van der Waals surface area contributed by atoms with Crippen molar-refractivity contribution in [3.8, 4) is 0 Å². The third-order valence-electron chi connectivity index (χ3n) is 3.04. The van der Waals surface area contributed by atoms with E-state index in [0.717, 1.165) is 38.5 Å². The van der Waals surface area contributed by atoms with Gasteiger partial charge in [-0.1, -0.05) is 13.8 Å². The zero-order chi connectivity index (χ0) is 13.0. The molecule has 1 aromatic rings. The quantitative estimate of drug-likeness (QED) is 0.848. The van der Waals surface area contributed by atoms with Gasteiger partial charge in [0.1, 0.15) is 0 Å². The van der Waals surface area contributed by atoms with Crippen LogP contribution < -0.4 is 10.2 Å². The van der Waals surface area contributed by atoms with Crippen LogP contribution in [0.15, 0.2) is 6.20 Å². The second-order valence-corrected chi connectivity index (χ2v) is 5.20. The van der Waals surface area contributed by atoms with Crippen LogP contribution in [0.5, 0.6) is 0 Å². The fraction of sp³-hybridized carbons (Fsp3) is 0.750. The number of nitrogens with zero attached hydrogens (tertiary/aromatic N) is 5. The largest absolute Gasteiger partial charge is 0.353 e. The number of aromatic nitrogens is 3. The number of likely N-dealkylation sites (N-methyl/N-ethyl adjacent to an activating group) is 1. The molecule has 0 aromatic carbocycles. The maximum Gasteiger partial charge on any atom is 0.244 e. The van der Waals surface area contributed by atoms with E-state index in [4.69, 9.17) is 0 Å². The van der Waals surface area contributed by atoms with Gasteiger partial charge >= 0.3 is 0 Å². The Bertz CT molecular complexity index is 373. The standard InChI is InChI=1S/C12H22N6/c1-10(2)8-13-12-15-11(9-14-16-12)18-6-4-17(3)5-7-18/h9-10H,4-8H2,1-3H3,(H,13,15,16). The average molecular weight is 250 g/mol. The van der Waals surface area contributed by atoms with Crippen LogP contribution in [0.25, 0.3) is 0 Å². The molecule has 1 aliphatic rings. The Labute approximate surface area is 108 Å². The molecule has 6 heteroatoms. The Balaban J connectivity index is 1.98. The summed E-state index contributed by atoms with van der Waals surface area (Å²) in [6.45, 7) is 9.32. The number of hydrogen-bond donors (Lipinski definition) is 1. The third kappa shape index (κ3) is 3.53. The summed E-state index contributed by atoms with van der Waals surface area (Å²) >= 11 is 0. The Morgan fingerprint density at radius 3 is 2.67 bits per heavy atom. The minimum Gasteiger partial charge on any atom is -0.353 e. The summed E-state index contributed by atoms with van der Waals surface area (Å²) in [5, 5.41) is 11.2. The zero-order valence-electron chi connectivity index (χ0n) is 11.4. The number of anilines is 2. The Hall–Kier alpha value is -1.43. The molecular weight excluding hydrogens is 228 g/mol. The normalized spacial score (nSPS) is 17.2. The highest BCUT2D eigenvalue weighted by atomic mass is 15.3. The van der Waals surface area contributed by atoms with Crippen LogP contribution in [0.1, 0.15) is 13.8 Å². The minimum atomic E-state index is 0.570. The molecule has 2 rings (SSSR count). The molecule has 1 fully saturated rings. The molecule has 100 valence electrons. The summed E-state index contributed by atoms with van der Waals surface area (Å²) < 4.78 is 0. The highest BCUT2D eigenvalue weighted by Gasteiger charge is 2.16. The summed E-state index contributed by atoms with van der Waals surface area (Å²) in [5.74, 6) is 2.12. The average Bonchev–Trinajstić information content (AvgIpc) is 2.37. The van der Waals surface area contributed by atoms with E-state index >= 15 is 0 Å². The monoisotopic (exact) mass is 250 g/mol. The number of rotatable bonds is 4. The van der Waals surface area contributed by atoms with Crippen LogP contribution in [0, 0.1) is 5.92 Å². The van der Waals surface area contributed by atoms with Gasteiger partial charge in [-0.05, 0) is 13.0 Å². The lowest BCUT2D eigenvalue weighted by molar-refractivity contribution is 0.312. The number of hydrogen-bond acceptors (Lipinski definition) is 6. The van der Waals surface area contributed by atoms with E-state index in [9.17, 15) is 0 Å². The van der Waals surface area contributed by atoms with E-state index in [2.05, 4.69) is 51.2 Å². The lowest BCUT2D eigenvalue weighted by Gasteiger charge is -2.32. The first-order valence-electron chi connectivity index (χ1n) is 6.52. The molecule has 0 aliphatic carbocycles. The highest BCUT2D eigenvalue weighted by molar-refractivity contribution is 5.40. The molecule has 18 heavy (non-hydrogen) atoms. The zero-order valence-corrected chi connectivity index (χ0v) is 11.4. The first kappa shape index (κ1) is 13.0. The van der Waals surface area contributed by atoms with Crippen molar-refractivity contribution in [2.45, 2.75) is 13.8 Å². The van der Waals surface area contributed by atoms with Gasteiger partial charge in [0.25, 0.3) is 0 Å². The number of nitrogens with one attached hydrogen (secondary N) is 1. The topological polar surface area (TPSA) is 57.2 Å². The molecule has 6 nitrogen and oxygen atoms in total. The third-order valence-corrected chi connectivity index (χ3v) is 3.04. The molecule has 1 aliphatic heterocycles. The maximum atomic E-state index is 4.52. The summed E-state index contributed by atoms with van der Waals surface area (Å²) in [5.41, 5.74) is 0. The summed E-state index contributed by atoms with van der Waals surface area (Å²) in [6, 6.07) is 0. The van der Waals surface area contributed by atoms with E-state index in [0.29, 0.717) is 11.9 Å². The van der Waals surface area contributed by atoms with Crippen molar-refractivity contribution < 1.29 is 0 Å². The Morgan fingerprint density at radius 2 is 2.00 bits per heavy atom. The van der Waals surface area contributed by atoms with Crippen LogP contribution in [-0.4, -0.2) is 59.9 Å². The molecule has 0 bridgehead atoms. The first-order valence-corrected chi connectivity index (χ1v) is 6.52.